The van der Waals surface area contributed by atoms with Gasteiger partial charge in [0.1, 0.15) is 0 Å². The highest BCUT2D eigenvalue weighted by Crippen LogP contribution is 2.42. The molecule has 0 radical (unpaired) electrons. The zero-order valence-corrected chi connectivity index (χ0v) is 16.6. The fourth-order valence-corrected chi connectivity index (χ4v) is 4.23. The maximum Gasteiger partial charge on any atom is 0.237 e. The molecule has 1 aliphatic rings. The molecule has 0 bridgehead atoms. The van der Waals surface area contributed by atoms with Crippen LogP contribution in [0.2, 0.25) is 0 Å². The number of unbranched alkanes of at least 4 members (excludes halogenated alkanes) is 1. The molecule has 1 fully saturated rings. The highest BCUT2D eigenvalue weighted by molar-refractivity contribution is 7.98. The van der Waals surface area contributed by atoms with E-state index in [4.69, 9.17) is 4.52 Å². The monoisotopic (exact) mass is 394 g/mol. The first-order chi connectivity index (χ1) is 13.8. The van der Waals surface area contributed by atoms with Crippen LogP contribution in [-0.2, 0) is 12.2 Å². The van der Waals surface area contributed by atoms with E-state index in [0.717, 1.165) is 47.1 Å². The molecule has 0 amide bonds. The Bertz CT molecular complexity index is 1090. The summed E-state index contributed by atoms with van der Waals surface area (Å²) in [5, 5.41) is 15.2. The molecular weight excluding hydrogens is 372 g/mol. The van der Waals surface area contributed by atoms with Gasteiger partial charge in [0, 0.05) is 35.1 Å². The molecule has 5 rings (SSSR count). The predicted molar refractivity (Wildman–Crippen MR) is 108 cm³/mol. The molecule has 0 saturated heterocycles. The summed E-state index contributed by atoms with van der Waals surface area (Å²) in [7, 11) is 0. The van der Waals surface area contributed by atoms with Crippen molar-refractivity contribution in [3.8, 4) is 11.4 Å². The van der Waals surface area contributed by atoms with E-state index in [-0.39, 0.29) is 0 Å². The number of aryl methyl sites for hydroxylation is 1. The summed E-state index contributed by atoms with van der Waals surface area (Å²) in [4.78, 5) is 7.83. The summed E-state index contributed by atoms with van der Waals surface area (Å²) in [5.74, 6) is 2.98. The van der Waals surface area contributed by atoms with Crippen LogP contribution in [0.25, 0.3) is 22.3 Å². The second kappa shape index (κ2) is 7.43. The number of nitrogens with zero attached hydrogens (tertiary/aromatic N) is 5. The first kappa shape index (κ1) is 17.5. The Balaban J connectivity index is 1.40. The molecule has 144 valence electrons. The minimum atomic E-state index is 0.476. The second-order valence-electron chi connectivity index (χ2n) is 7.15. The molecule has 1 aromatic carbocycles. The third kappa shape index (κ3) is 3.32. The van der Waals surface area contributed by atoms with Gasteiger partial charge in [-0.2, -0.15) is 4.98 Å². The van der Waals surface area contributed by atoms with Crippen molar-refractivity contribution in [1.29, 1.82) is 0 Å². The lowest BCUT2D eigenvalue weighted by Gasteiger charge is -2.07. The van der Waals surface area contributed by atoms with E-state index in [1.54, 1.807) is 11.8 Å². The van der Waals surface area contributed by atoms with Crippen molar-refractivity contribution in [1.82, 2.24) is 29.9 Å². The van der Waals surface area contributed by atoms with Crippen LogP contribution in [-0.4, -0.2) is 29.9 Å². The minimum absolute atomic E-state index is 0.476. The van der Waals surface area contributed by atoms with E-state index < -0.39 is 0 Å². The van der Waals surface area contributed by atoms with E-state index in [2.05, 4.69) is 55.0 Å². The zero-order chi connectivity index (χ0) is 18.9. The molecule has 0 spiro atoms. The lowest BCUT2D eigenvalue weighted by molar-refractivity contribution is 0.384. The number of para-hydroxylation sites is 1. The van der Waals surface area contributed by atoms with Crippen LogP contribution in [0.4, 0.5) is 0 Å². The van der Waals surface area contributed by atoms with E-state index in [1.807, 2.05) is 12.3 Å². The average Bonchev–Trinajstić information content (AvgIpc) is 3.14. The number of H-pyrrole nitrogens is 1. The van der Waals surface area contributed by atoms with Crippen LogP contribution in [0.15, 0.2) is 40.1 Å². The predicted octanol–water partition coefficient (Wildman–Crippen LogP) is 4.78. The van der Waals surface area contributed by atoms with Gasteiger partial charge in [-0.3, -0.25) is 4.57 Å². The van der Waals surface area contributed by atoms with Gasteiger partial charge in [0.15, 0.2) is 16.8 Å². The summed E-state index contributed by atoms with van der Waals surface area (Å²) < 4.78 is 7.66. The molecule has 3 heterocycles. The Morgan fingerprint density at radius 3 is 3.00 bits per heavy atom. The van der Waals surface area contributed by atoms with Crippen molar-refractivity contribution in [3.05, 3.63) is 42.2 Å². The third-order valence-electron chi connectivity index (χ3n) is 5.00. The van der Waals surface area contributed by atoms with Gasteiger partial charge in [-0.25, -0.2) is 0 Å². The number of nitrogens with one attached hydrogen (secondary N) is 1. The summed E-state index contributed by atoms with van der Waals surface area (Å²) in [6.45, 7) is 2.16. The van der Waals surface area contributed by atoms with Crippen LogP contribution in [0.3, 0.4) is 0 Å². The van der Waals surface area contributed by atoms with Crippen LogP contribution in [0, 0.1) is 0 Å². The highest BCUT2D eigenvalue weighted by Gasteiger charge is 2.31. The molecule has 1 saturated carbocycles. The second-order valence-corrected chi connectivity index (χ2v) is 8.09. The number of fused-ring (bicyclic) bond motifs is 1. The van der Waals surface area contributed by atoms with Gasteiger partial charge in [-0.05, 0) is 25.3 Å². The molecule has 0 atom stereocenters. The number of benzene rings is 1. The van der Waals surface area contributed by atoms with E-state index in [1.165, 1.54) is 18.2 Å². The summed E-state index contributed by atoms with van der Waals surface area (Å²) in [6, 6.07) is 8.77. The Morgan fingerprint density at radius 2 is 2.14 bits per heavy atom. The first-order valence-electron chi connectivity index (χ1n) is 9.79. The van der Waals surface area contributed by atoms with E-state index in [0.29, 0.717) is 17.7 Å². The van der Waals surface area contributed by atoms with E-state index in [9.17, 15) is 0 Å². The maximum atomic E-state index is 5.39. The first-order valence-corrected chi connectivity index (χ1v) is 10.8. The normalized spacial score (nSPS) is 14.2. The van der Waals surface area contributed by atoms with Crippen molar-refractivity contribution in [2.45, 2.75) is 56.0 Å². The van der Waals surface area contributed by atoms with Gasteiger partial charge in [-0.1, -0.05) is 48.5 Å². The largest absolute Gasteiger partial charge is 0.360 e. The number of thioether (sulfide) groups is 1. The minimum Gasteiger partial charge on any atom is -0.360 e. The SMILES string of the molecule is CCCCc1noc(CSc2nnc(-c3c[nH]c4ccccc34)n2C2CC2)n1. The van der Waals surface area contributed by atoms with Crippen molar-refractivity contribution >= 4 is 22.7 Å². The van der Waals surface area contributed by atoms with Crippen LogP contribution < -0.4 is 0 Å². The highest BCUT2D eigenvalue weighted by atomic mass is 32.2. The fourth-order valence-electron chi connectivity index (χ4n) is 3.39. The van der Waals surface area contributed by atoms with Gasteiger partial charge in [-0.15, -0.1) is 10.2 Å². The molecule has 7 nitrogen and oxygen atoms in total. The Morgan fingerprint density at radius 1 is 1.25 bits per heavy atom. The van der Waals surface area contributed by atoms with Crippen molar-refractivity contribution in [2.24, 2.45) is 0 Å². The number of hydrogen-bond donors (Lipinski definition) is 1. The quantitative estimate of drug-likeness (QED) is 0.433. The molecule has 0 unspecified atom stereocenters. The molecule has 8 heteroatoms. The lowest BCUT2D eigenvalue weighted by atomic mass is 10.1. The lowest BCUT2D eigenvalue weighted by Crippen LogP contribution is -1.99. The Hall–Kier alpha value is -2.61. The smallest absolute Gasteiger partial charge is 0.237 e. The average molecular weight is 395 g/mol. The molecular formula is C20H22N6OS. The number of rotatable bonds is 8. The zero-order valence-electron chi connectivity index (χ0n) is 15.8. The summed E-state index contributed by atoms with van der Waals surface area (Å²) in [6.07, 6.45) is 7.44. The van der Waals surface area contributed by atoms with Crippen molar-refractivity contribution in [2.75, 3.05) is 0 Å². The standard InChI is InChI=1S/C20H22N6OS/c1-2-3-8-17-22-18(27-25-17)12-28-20-24-23-19(26(20)13-9-10-13)15-11-21-16-7-5-4-6-14(15)16/h4-7,11,13,21H,2-3,8-10,12H2,1H3. The Kier molecular flexibility index (Phi) is 4.64. The molecule has 4 aromatic rings. The van der Waals surface area contributed by atoms with Gasteiger partial charge in [0.25, 0.3) is 0 Å². The third-order valence-corrected chi connectivity index (χ3v) is 5.92. The van der Waals surface area contributed by atoms with Gasteiger partial charge in [0.05, 0.1) is 5.75 Å². The van der Waals surface area contributed by atoms with Gasteiger partial charge >= 0.3 is 0 Å². The van der Waals surface area contributed by atoms with Crippen LogP contribution in [0.1, 0.15) is 50.4 Å². The van der Waals surface area contributed by atoms with Crippen molar-refractivity contribution in [3.63, 3.8) is 0 Å². The molecule has 3 aromatic heterocycles. The van der Waals surface area contributed by atoms with Gasteiger partial charge < -0.3 is 9.51 Å². The Labute approximate surface area is 166 Å². The molecule has 0 aliphatic heterocycles. The van der Waals surface area contributed by atoms with Crippen molar-refractivity contribution < 1.29 is 4.52 Å². The molecule has 1 N–H and O–H groups in total. The number of hydrogen-bond acceptors (Lipinski definition) is 6. The van der Waals surface area contributed by atoms with Gasteiger partial charge in [0.2, 0.25) is 5.89 Å². The van der Waals surface area contributed by atoms with Crippen LogP contribution in [0.5, 0.6) is 0 Å². The fraction of sp³-hybridized carbons (Fsp3) is 0.400. The topological polar surface area (TPSA) is 85.4 Å². The summed E-state index contributed by atoms with van der Waals surface area (Å²) in [5.41, 5.74) is 2.21. The molecule has 28 heavy (non-hydrogen) atoms. The maximum absolute atomic E-state index is 5.39. The van der Waals surface area contributed by atoms with Crippen LogP contribution >= 0.6 is 11.8 Å². The number of aromatic amines is 1. The number of aromatic nitrogens is 6. The molecule has 1 aliphatic carbocycles. The summed E-state index contributed by atoms with van der Waals surface area (Å²) >= 11 is 1.61. The van der Waals surface area contributed by atoms with E-state index >= 15 is 0 Å².